The molecule has 6 heteroatoms. The lowest BCUT2D eigenvalue weighted by Crippen LogP contribution is -2.32. The van der Waals surface area contributed by atoms with E-state index in [2.05, 4.69) is 25.2 Å². The SMILES string of the molecule is CC(C)c1c(C(=O)N[C@H]2CCOc3ccccc32)sc2c(-c3cccc(Cl)c3Cl)cccc12. The molecule has 1 amide bonds. The van der Waals surface area contributed by atoms with E-state index in [1.54, 1.807) is 6.07 Å². The van der Waals surface area contributed by atoms with Crippen LogP contribution in [0.4, 0.5) is 0 Å². The van der Waals surface area contributed by atoms with E-state index in [1.165, 1.54) is 11.3 Å². The zero-order valence-electron chi connectivity index (χ0n) is 18.3. The number of hydrogen-bond donors (Lipinski definition) is 1. The van der Waals surface area contributed by atoms with Crippen LogP contribution in [-0.4, -0.2) is 12.5 Å². The lowest BCUT2D eigenvalue weighted by Gasteiger charge is -2.26. The summed E-state index contributed by atoms with van der Waals surface area (Å²) in [6.45, 7) is 4.84. The van der Waals surface area contributed by atoms with Crippen LogP contribution in [-0.2, 0) is 0 Å². The summed E-state index contributed by atoms with van der Waals surface area (Å²) >= 11 is 14.4. The molecule has 0 fully saturated rings. The van der Waals surface area contributed by atoms with Crippen LogP contribution in [0, 0.1) is 0 Å². The summed E-state index contributed by atoms with van der Waals surface area (Å²) in [6.07, 6.45) is 0.744. The highest BCUT2D eigenvalue weighted by Gasteiger charge is 2.27. The smallest absolute Gasteiger partial charge is 0.262 e. The molecule has 1 aromatic heterocycles. The van der Waals surface area contributed by atoms with Gasteiger partial charge in [-0.15, -0.1) is 11.3 Å². The molecule has 1 aliphatic heterocycles. The zero-order chi connectivity index (χ0) is 23.1. The van der Waals surface area contributed by atoms with Gasteiger partial charge >= 0.3 is 0 Å². The van der Waals surface area contributed by atoms with Gasteiger partial charge in [0, 0.05) is 27.8 Å². The summed E-state index contributed by atoms with van der Waals surface area (Å²) in [7, 11) is 0. The van der Waals surface area contributed by atoms with E-state index in [-0.39, 0.29) is 17.9 Å². The molecule has 3 nitrogen and oxygen atoms in total. The van der Waals surface area contributed by atoms with Crippen molar-refractivity contribution in [2.24, 2.45) is 0 Å². The average molecular weight is 496 g/mol. The van der Waals surface area contributed by atoms with Gasteiger partial charge in [-0.05, 0) is 29.0 Å². The minimum absolute atomic E-state index is 0.0512. The van der Waals surface area contributed by atoms with Gasteiger partial charge in [-0.3, -0.25) is 4.79 Å². The Morgan fingerprint density at radius 2 is 1.79 bits per heavy atom. The van der Waals surface area contributed by atoms with Crippen LogP contribution in [0.2, 0.25) is 10.0 Å². The Kier molecular flexibility index (Phi) is 6.09. The molecule has 0 saturated carbocycles. The Morgan fingerprint density at radius 3 is 2.61 bits per heavy atom. The Hall–Kier alpha value is -2.53. The van der Waals surface area contributed by atoms with E-state index >= 15 is 0 Å². The molecule has 33 heavy (non-hydrogen) atoms. The number of nitrogens with one attached hydrogen (secondary N) is 1. The van der Waals surface area contributed by atoms with Crippen molar-refractivity contribution in [3.05, 3.63) is 86.7 Å². The van der Waals surface area contributed by atoms with Crippen molar-refractivity contribution in [1.29, 1.82) is 0 Å². The Morgan fingerprint density at radius 1 is 1.03 bits per heavy atom. The minimum Gasteiger partial charge on any atom is -0.493 e. The van der Waals surface area contributed by atoms with Gasteiger partial charge in [0.2, 0.25) is 0 Å². The second kappa shape index (κ2) is 9.02. The van der Waals surface area contributed by atoms with Crippen LogP contribution in [0.1, 0.15) is 53.0 Å². The molecule has 0 radical (unpaired) electrons. The van der Waals surface area contributed by atoms with Crippen LogP contribution >= 0.6 is 34.5 Å². The number of hydrogen-bond acceptors (Lipinski definition) is 3. The van der Waals surface area contributed by atoms with E-state index in [0.717, 1.165) is 49.4 Å². The molecule has 1 aliphatic rings. The fourth-order valence-electron chi connectivity index (χ4n) is 4.52. The average Bonchev–Trinajstić information content (AvgIpc) is 3.22. The van der Waals surface area contributed by atoms with Crippen LogP contribution < -0.4 is 10.1 Å². The zero-order valence-corrected chi connectivity index (χ0v) is 20.7. The molecule has 0 aliphatic carbocycles. The number of rotatable bonds is 4. The molecule has 0 saturated heterocycles. The second-order valence-corrected chi connectivity index (χ2v) is 10.3. The van der Waals surface area contributed by atoms with Crippen molar-refractivity contribution in [2.75, 3.05) is 6.61 Å². The fraction of sp³-hybridized carbons (Fsp3) is 0.222. The van der Waals surface area contributed by atoms with Crippen molar-refractivity contribution in [1.82, 2.24) is 5.32 Å². The van der Waals surface area contributed by atoms with Crippen molar-refractivity contribution in [3.8, 4) is 16.9 Å². The maximum absolute atomic E-state index is 13.6. The topological polar surface area (TPSA) is 38.3 Å². The largest absolute Gasteiger partial charge is 0.493 e. The van der Waals surface area contributed by atoms with Gasteiger partial charge in [-0.25, -0.2) is 0 Å². The monoisotopic (exact) mass is 495 g/mol. The maximum atomic E-state index is 13.6. The Labute approximate surface area is 207 Å². The van der Waals surface area contributed by atoms with Gasteiger partial charge in [0.1, 0.15) is 5.75 Å². The molecule has 3 aromatic carbocycles. The Balaban J connectivity index is 1.60. The number of amides is 1. The standard InChI is InChI=1S/C27H23Cl2NO2S/c1-15(2)23-19-10-5-9-17(16-8-6-11-20(28)24(16)29)25(19)33-26(23)27(31)30-21-13-14-32-22-12-4-3-7-18(21)22/h3-12,15,21H,13-14H2,1-2H3,(H,30,31)/t21-/m0/s1. The van der Waals surface area contributed by atoms with E-state index in [1.807, 2.05) is 48.5 Å². The highest BCUT2D eigenvalue weighted by molar-refractivity contribution is 7.21. The van der Waals surface area contributed by atoms with E-state index in [4.69, 9.17) is 27.9 Å². The van der Waals surface area contributed by atoms with Gasteiger partial charge in [0.05, 0.1) is 27.6 Å². The molecule has 4 aromatic rings. The number of para-hydroxylation sites is 1. The third-order valence-corrected chi connectivity index (χ3v) is 8.12. The summed E-state index contributed by atoms with van der Waals surface area (Å²) in [5.74, 6) is 0.976. The van der Waals surface area contributed by atoms with Crippen LogP contribution in [0.25, 0.3) is 21.2 Å². The minimum atomic E-state index is -0.0745. The van der Waals surface area contributed by atoms with E-state index < -0.39 is 0 Å². The number of carbonyl (C=O) groups excluding carboxylic acids is 1. The third kappa shape index (κ3) is 4.01. The van der Waals surface area contributed by atoms with E-state index in [0.29, 0.717) is 16.7 Å². The van der Waals surface area contributed by atoms with Crippen LogP contribution in [0.15, 0.2) is 60.7 Å². The molecule has 1 atom stereocenters. The Bertz CT molecular complexity index is 1360. The first kappa shape index (κ1) is 22.3. The first-order valence-corrected chi connectivity index (χ1v) is 12.5. The molecule has 0 unspecified atom stereocenters. The van der Waals surface area contributed by atoms with E-state index in [9.17, 15) is 4.79 Å². The van der Waals surface area contributed by atoms with Gasteiger partial charge in [-0.2, -0.15) is 0 Å². The number of ether oxygens (including phenoxy) is 1. The van der Waals surface area contributed by atoms with Crippen molar-refractivity contribution >= 4 is 50.5 Å². The van der Waals surface area contributed by atoms with Crippen LogP contribution in [0.5, 0.6) is 5.75 Å². The molecule has 1 N–H and O–H groups in total. The first-order chi connectivity index (χ1) is 16.0. The summed E-state index contributed by atoms with van der Waals surface area (Å²) in [4.78, 5) is 14.3. The molecule has 0 spiro atoms. The molecule has 5 rings (SSSR count). The van der Waals surface area contributed by atoms with Gasteiger partial charge in [0.25, 0.3) is 5.91 Å². The normalized spacial score (nSPS) is 15.4. The lowest BCUT2D eigenvalue weighted by atomic mass is 9.95. The molecular formula is C27H23Cl2NO2S. The van der Waals surface area contributed by atoms with Gasteiger partial charge in [0.15, 0.2) is 0 Å². The molecule has 168 valence electrons. The maximum Gasteiger partial charge on any atom is 0.262 e. The summed E-state index contributed by atoms with van der Waals surface area (Å²) in [5, 5.41) is 5.40. The van der Waals surface area contributed by atoms with Gasteiger partial charge in [-0.1, -0.05) is 85.6 Å². The summed E-state index contributed by atoms with van der Waals surface area (Å²) in [6, 6.07) is 19.6. The molecular weight excluding hydrogens is 473 g/mol. The fourth-order valence-corrected chi connectivity index (χ4v) is 6.31. The molecule has 0 bridgehead atoms. The quantitative estimate of drug-likeness (QED) is 0.309. The van der Waals surface area contributed by atoms with Gasteiger partial charge < -0.3 is 10.1 Å². The lowest BCUT2D eigenvalue weighted by molar-refractivity contribution is 0.0928. The predicted molar refractivity (Wildman–Crippen MR) is 138 cm³/mol. The number of thiophene rings is 1. The highest BCUT2D eigenvalue weighted by atomic mass is 35.5. The number of benzene rings is 3. The predicted octanol–water partition coefficient (Wildman–Crippen LogP) is 8.25. The number of halogens is 2. The van der Waals surface area contributed by atoms with Crippen molar-refractivity contribution < 1.29 is 9.53 Å². The first-order valence-electron chi connectivity index (χ1n) is 11.0. The van der Waals surface area contributed by atoms with Crippen molar-refractivity contribution in [3.63, 3.8) is 0 Å². The highest BCUT2D eigenvalue weighted by Crippen LogP contribution is 2.44. The summed E-state index contributed by atoms with van der Waals surface area (Å²) < 4.78 is 6.81. The number of fused-ring (bicyclic) bond motifs is 2. The van der Waals surface area contributed by atoms with Crippen molar-refractivity contribution in [2.45, 2.75) is 32.2 Å². The number of carbonyl (C=O) groups is 1. The molecule has 2 heterocycles. The third-order valence-electron chi connectivity index (χ3n) is 6.04. The summed E-state index contributed by atoms with van der Waals surface area (Å²) in [5.41, 5.74) is 3.95. The second-order valence-electron chi connectivity index (χ2n) is 8.48. The van der Waals surface area contributed by atoms with Crippen LogP contribution in [0.3, 0.4) is 0 Å².